The molecule has 1 saturated heterocycles. The lowest BCUT2D eigenvalue weighted by atomic mass is 10.1. The van der Waals surface area contributed by atoms with Gasteiger partial charge in [-0.25, -0.2) is 0 Å². The minimum absolute atomic E-state index is 0.143. The summed E-state index contributed by atoms with van der Waals surface area (Å²) in [5, 5.41) is 7.40. The molecule has 1 aliphatic rings. The molecule has 1 amide bonds. The molecular weight excluding hydrogens is 218 g/mol. The number of hydrogen-bond donors (Lipinski definition) is 0. The number of nitrogens with zero attached hydrogens (tertiary/aromatic N) is 3. The highest BCUT2D eigenvalue weighted by Crippen LogP contribution is 2.08. The Bertz CT molecular complexity index is 382. The second-order valence-corrected chi connectivity index (χ2v) is 3.44. The first kappa shape index (κ1) is 13.0. The Morgan fingerprint density at radius 3 is 2.47 bits per heavy atom. The fourth-order valence-electron chi connectivity index (χ4n) is 1.54. The second kappa shape index (κ2) is 6.52. The van der Waals surface area contributed by atoms with Crippen molar-refractivity contribution >= 4 is 11.7 Å². The van der Waals surface area contributed by atoms with Crippen LogP contribution in [-0.2, 0) is 4.79 Å². The molecule has 2 rings (SSSR count). The standard InChI is InChI=1S/C10H11N3O2.C2H4/c14-8-3-6-13(7-4-8)10(15)9-2-1-5-11-12-9;1-2/h1-2,5H,3-4,6-7H2;1-2H2. The minimum atomic E-state index is -0.143. The van der Waals surface area contributed by atoms with Gasteiger partial charge in [-0.15, -0.1) is 18.3 Å². The first-order valence-electron chi connectivity index (χ1n) is 5.36. The summed E-state index contributed by atoms with van der Waals surface area (Å²) in [6, 6.07) is 3.31. The van der Waals surface area contributed by atoms with Crippen molar-refractivity contribution in [3.63, 3.8) is 0 Å². The van der Waals surface area contributed by atoms with E-state index >= 15 is 0 Å². The fraction of sp³-hybridized carbons (Fsp3) is 0.333. The Morgan fingerprint density at radius 1 is 1.29 bits per heavy atom. The lowest BCUT2D eigenvalue weighted by Crippen LogP contribution is -2.39. The Kier molecular flexibility index (Phi) is 5.00. The maximum Gasteiger partial charge on any atom is 0.274 e. The van der Waals surface area contributed by atoms with Crippen LogP contribution in [0.1, 0.15) is 23.3 Å². The molecule has 0 aliphatic carbocycles. The van der Waals surface area contributed by atoms with Gasteiger partial charge in [-0.1, -0.05) is 0 Å². The number of carbonyl (C=O) groups excluding carboxylic acids is 2. The van der Waals surface area contributed by atoms with Crippen LogP contribution >= 0.6 is 0 Å². The molecule has 90 valence electrons. The Hall–Kier alpha value is -2.04. The topological polar surface area (TPSA) is 63.2 Å². The van der Waals surface area contributed by atoms with Crippen LogP contribution in [0.4, 0.5) is 0 Å². The van der Waals surface area contributed by atoms with Gasteiger partial charge in [0.2, 0.25) is 0 Å². The molecule has 0 atom stereocenters. The van der Waals surface area contributed by atoms with Crippen LogP contribution < -0.4 is 0 Å². The van der Waals surface area contributed by atoms with Crippen molar-refractivity contribution in [3.05, 3.63) is 37.2 Å². The van der Waals surface area contributed by atoms with Gasteiger partial charge in [0.25, 0.3) is 5.91 Å². The third-order valence-electron chi connectivity index (χ3n) is 2.40. The lowest BCUT2D eigenvalue weighted by Gasteiger charge is -2.25. The third kappa shape index (κ3) is 3.48. The molecule has 1 aliphatic heterocycles. The zero-order chi connectivity index (χ0) is 12.7. The molecule has 5 heteroatoms. The van der Waals surface area contributed by atoms with E-state index in [1.807, 2.05) is 0 Å². The van der Waals surface area contributed by atoms with Crippen LogP contribution in [0, 0.1) is 0 Å². The van der Waals surface area contributed by atoms with Gasteiger partial charge in [-0.3, -0.25) is 9.59 Å². The number of rotatable bonds is 1. The third-order valence-corrected chi connectivity index (χ3v) is 2.40. The number of aromatic nitrogens is 2. The summed E-state index contributed by atoms with van der Waals surface area (Å²) in [5.41, 5.74) is 0.340. The van der Waals surface area contributed by atoms with Crippen molar-refractivity contribution in [1.82, 2.24) is 15.1 Å². The number of amides is 1. The number of piperidine rings is 1. The monoisotopic (exact) mass is 233 g/mol. The predicted molar refractivity (Wildman–Crippen MR) is 63.4 cm³/mol. The number of carbonyl (C=O) groups is 2. The number of ketones is 1. The van der Waals surface area contributed by atoms with Crippen LogP contribution in [-0.4, -0.2) is 39.9 Å². The van der Waals surface area contributed by atoms with Crippen LogP contribution in [0.2, 0.25) is 0 Å². The minimum Gasteiger partial charge on any atom is -0.336 e. The van der Waals surface area contributed by atoms with E-state index in [2.05, 4.69) is 23.4 Å². The number of likely N-dealkylation sites (tertiary alicyclic amines) is 1. The Morgan fingerprint density at radius 2 is 1.94 bits per heavy atom. The van der Waals surface area contributed by atoms with Crippen molar-refractivity contribution in [2.75, 3.05) is 13.1 Å². The SMILES string of the molecule is C=C.O=C1CCN(C(=O)c2cccnn2)CC1. The molecule has 17 heavy (non-hydrogen) atoms. The first-order chi connectivity index (χ1) is 8.27. The molecular formula is C12H15N3O2. The molecule has 0 aromatic carbocycles. The second-order valence-electron chi connectivity index (χ2n) is 3.44. The molecule has 1 fully saturated rings. The van der Waals surface area contributed by atoms with E-state index in [-0.39, 0.29) is 11.7 Å². The van der Waals surface area contributed by atoms with Gasteiger partial charge in [-0.05, 0) is 12.1 Å². The van der Waals surface area contributed by atoms with Crippen LogP contribution in [0.25, 0.3) is 0 Å². The zero-order valence-electron chi connectivity index (χ0n) is 9.63. The van der Waals surface area contributed by atoms with Crippen LogP contribution in [0.15, 0.2) is 31.5 Å². The normalized spacial score (nSPS) is 14.8. The van der Waals surface area contributed by atoms with Gasteiger partial charge in [0.1, 0.15) is 5.78 Å². The maximum atomic E-state index is 11.8. The quantitative estimate of drug-likeness (QED) is 0.681. The molecule has 1 aromatic rings. The van der Waals surface area contributed by atoms with Gasteiger partial charge in [0.15, 0.2) is 5.69 Å². The van der Waals surface area contributed by atoms with Crippen molar-refractivity contribution in [3.8, 4) is 0 Å². The van der Waals surface area contributed by atoms with Crippen molar-refractivity contribution in [2.45, 2.75) is 12.8 Å². The molecule has 5 nitrogen and oxygen atoms in total. The highest BCUT2D eigenvalue weighted by Gasteiger charge is 2.22. The maximum absolute atomic E-state index is 11.8. The molecule has 1 aromatic heterocycles. The van der Waals surface area contributed by atoms with Gasteiger partial charge in [0.05, 0.1) is 0 Å². The summed E-state index contributed by atoms with van der Waals surface area (Å²) < 4.78 is 0. The van der Waals surface area contributed by atoms with E-state index in [4.69, 9.17) is 0 Å². The molecule has 0 unspecified atom stereocenters. The van der Waals surface area contributed by atoms with Crippen molar-refractivity contribution in [2.24, 2.45) is 0 Å². The summed E-state index contributed by atoms with van der Waals surface area (Å²) in [5.74, 6) is 0.0776. The summed E-state index contributed by atoms with van der Waals surface area (Å²) >= 11 is 0. The van der Waals surface area contributed by atoms with Gasteiger partial charge in [0, 0.05) is 32.1 Å². The molecule has 0 spiro atoms. The highest BCUT2D eigenvalue weighted by molar-refractivity contribution is 5.93. The number of Topliss-reactive ketones (excluding diaryl/α,β-unsaturated/α-hetero) is 1. The van der Waals surface area contributed by atoms with Crippen LogP contribution in [0.5, 0.6) is 0 Å². The van der Waals surface area contributed by atoms with E-state index in [9.17, 15) is 9.59 Å². The van der Waals surface area contributed by atoms with Crippen LogP contribution in [0.3, 0.4) is 0 Å². The van der Waals surface area contributed by atoms with Gasteiger partial charge >= 0.3 is 0 Å². The van der Waals surface area contributed by atoms with E-state index in [0.29, 0.717) is 31.6 Å². The van der Waals surface area contributed by atoms with E-state index < -0.39 is 0 Å². The van der Waals surface area contributed by atoms with E-state index in [1.54, 1.807) is 17.0 Å². The zero-order valence-corrected chi connectivity index (χ0v) is 9.63. The average Bonchev–Trinajstić information content (AvgIpc) is 2.42. The molecule has 2 heterocycles. The van der Waals surface area contributed by atoms with Crippen molar-refractivity contribution in [1.29, 1.82) is 0 Å². The smallest absolute Gasteiger partial charge is 0.274 e. The van der Waals surface area contributed by atoms with Gasteiger partial charge < -0.3 is 4.90 Å². The fourth-order valence-corrected chi connectivity index (χ4v) is 1.54. The summed E-state index contributed by atoms with van der Waals surface area (Å²) in [6.45, 7) is 6.99. The molecule has 0 saturated carbocycles. The molecule has 0 N–H and O–H groups in total. The van der Waals surface area contributed by atoms with Gasteiger partial charge in [-0.2, -0.15) is 5.10 Å². The Labute approximate surface area is 100 Å². The largest absolute Gasteiger partial charge is 0.336 e. The first-order valence-corrected chi connectivity index (χ1v) is 5.36. The average molecular weight is 233 g/mol. The predicted octanol–water partition coefficient (Wildman–Crippen LogP) is 1.08. The number of hydrogen-bond acceptors (Lipinski definition) is 4. The lowest BCUT2D eigenvalue weighted by molar-refractivity contribution is -0.120. The van der Waals surface area contributed by atoms with E-state index in [1.165, 1.54) is 6.20 Å². The molecule has 0 radical (unpaired) electrons. The molecule has 0 bridgehead atoms. The summed E-state index contributed by atoms with van der Waals surface area (Å²) in [4.78, 5) is 24.5. The highest BCUT2D eigenvalue weighted by atomic mass is 16.2. The Balaban J connectivity index is 0.000000686. The van der Waals surface area contributed by atoms with Crippen molar-refractivity contribution < 1.29 is 9.59 Å². The summed E-state index contributed by atoms with van der Waals surface area (Å²) in [6.07, 6.45) is 2.43. The van der Waals surface area contributed by atoms with E-state index in [0.717, 1.165) is 0 Å². The summed E-state index contributed by atoms with van der Waals surface area (Å²) in [7, 11) is 0.